The number of fused-ring (bicyclic) bond motifs is 1. The molecule has 132 valence electrons. The van der Waals surface area contributed by atoms with Gasteiger partial charge in [0.05, 0.1) is 5.56 Å². The lowest BCUT2D eigenvalue weighted by Gasteiger charge is -2.17. The minimum Gasteiger partial charge on any atom is -0.452 e. The molecule has 0 bridgehead atoms. The minimum atomic E-state index is -0.537. The summed E-state index contributed by atoms with van der Waals surface area (Å²) in [6.45, 7) is -0.0370. The molecule has 4 nitrogen and oxygen atoms in total. The van der Waals surface area contributed by atoms with Crippen LogP contribution in [0.4, 0.5) is 4.39 Å². The van der Waals surface area contributed by atoms with Crippen LogP contribution in [0.2, 0.25) is 0 Å². The average molecular weight is 351 g/mol. The molecule has 0 N–H and O–H groups in total. The summed E-state index contributed by atoms with van der Waals surface area (Å²) in [6.07, 6.45) is 0. The fraction of sp³-hybridized carbons (Fsp3) is 0.143. The van der Waals surface area contributed by atoms with E-state index in [1.807, 2.05) is 30.3 Å². The topological polar surface area (TPSA) is 46.6 Å². The van der Waals surface area contributed by atoms with E-state index in [9.17, 15) is 14.0 Å². The lowest BCUT2D eigenvalue weighted by atomic mass is 10.1. The molecule has 0 spiro atoms. The van der Waals surface area contributed by atoms with Gasteiger partial charge in [-0.1, -0.05) is 48.5 Å². The van der Waals surface area contributed by atoms with Crippen molar-refractivity contribution in [1.29, 1.82) is 0 Å². The number of rotatable bonds is 5. The minimum absolute atomic E-state index is 0.310. The Hall–Kier alpha value is -3.21. The van der Waals surface area contributed by atoms with Crippen LogP contribution in [0.15, 0.2) is 66.7 Å². The largest absolute Gasteiger partial charge is 0.452 e. The van der Waals surface area contributed by atoms with Gasteiger partial charge in [-0.25, -0.2) is 9.18 Å². The Labute approximate surface area is 150 Å². The highest BCUT2D eigenvalue weighted by Gasteiger charge is 2.15. The van der Waals surface area contributed by atoms with Crippen molar-refractivity contribution < 1.29 is 18.7 Å². The molecule has 0 atom stereocenters. The van der Waals surface area contributed by atoms with Crippen LogP contribution in [0.3, 0.4) is 0 Å². The van der Waals surface area contributed by atoms with Gasteiger partial charge in [-0.05, 0) is 34.5 Å². The lowest BCUT2D eigenvalue weighted by molar-refractivity contribution is -0.133. The van der Waals surface area contributed by atoms with Gasteiger partial charge < -0.3 is 9.64 Å². The Kier molecular flexibility index (Phi) is 5.27. The van der Waals surface area contributed by atoms with E-state index in [0.29, 0.717) is 12.1 Å². The molecule has 3 aromatic rings. The van der Waals surface area contributed by atoms with E-state index in [1.165, 1.54) is 17.0 Å². The van der Waals surface area contributed by atoms with Crippen molar-refractivity contribution in [1.82, 2.24) is 4.90 Å². The first-order valence-corrected chi connectivity index (χ1v) is 8.18. The van der Waals surface area contributed by atoms with Gasteiger partial charge >= 0.3 is 5.97 Å². The van der Waals surface area contributed by atoms with E-state index in [-0.39, 0.29) is 18.3 Å². The third-order valence-electron chi connectivity index (χ3n) is 4.10. The Bertz CT molecular complexity index is 932. The zero-order valence-electron chi connectivity index (χ0n) is 14.3. The standard InChI is InChI=1S/C21H18FNO3/c1-23(13-15-9-11-17(22)12-10-15)20(24)14-26-21(25)19-8-4-6-16-5-2-3-7-18(16)19/h2-12H,13-14H2,1H3. The fourth-order valence-corrected chi connectivity index (χ4v) is 2.67. The molecule has 0 aliphatic rings. The third-order valence-corrected chi connectivity index (χ3v) is 4.10. The van der Waals surface area contributed by atoms with Crippen molar-refractivity contribution in [3.8, 4) is 0 Å². The van der Waals surface area contributed by atoms with Crippen molar-refractivity contribution in [2.24, 2.45) is 0 Å². The Morgan fingerprint density at radius 1 is 0.962 bits per heavy atom. The zero-order chi connectivity index (χ0) is 18.5. The van der Waals surface area contributed by atoms with Gasteiger partial charge in [0, 0.05) is 13.6 Å². The van der Waals surface area contributed by atoms with E-state index in [4.69, 9.17) is 4.74 Å². The molecule has 0 saturated carbocycles. The SMILES string of the molecule is CN(Cc1ccc(F)cc1)C(=O)COC(=O)c1cccc2ccccc12. The summed E-state index contributed by atoms with van der Waals surface area (Å²) in [7, 11) is 1.61. The van der Waals surface area contributed by atoms with Crippen molar-refractivity contribution >= 4 is 22.6 Å². The number of ether oxygens (including phenoxy) is 1. The second-order valence-corrected chi connectivity index (χ2v) is 5.98. The fourth-order valence-electron chi connectivity index (χ4n) is 2.67. The first kappa shape index (κ1) is 17.6. The molecule has 1 amide bonds. The summed E-state index contributed by atoms with van der Waals surface area (Å²) in [5, 5.41) is 1.72. The van der Waals surface area contributed by atoms with E-state index in [1.54, 1.807) is 31.3 Å². The molecule has 0 heterocycles. The molecule has 0 unspecified atom stereocenters. The average Bonchev–Trinajstić information content (AvgIpc) is 2.67. The maximum absolute atomic E-state index is 12.9. The Balaban J connectivity index is 1.61. The number of amides is 1. The van der Waals surface area contributed by atoms with Gasteiger partial charge in [0.25, 0.3) is 5.91 Å². The molecule has 0 aromatic heterocycles. The number of benzene rings is 3. The predicted octanol–water partition coefficient (Wildman–Crippen LogP) is 3.79. The summed E-state index contributed by atoms with van der Waals surface area (Å²) in [5.74, 6) is -1.19. The van der Waals surface area contributed by atoms with Crippen molar-refractivity contribution in [3.05, 3.63) is 83.7 Å². The molecule has 3 rings (SSSR count). The molecule has 0 aliphatic heterocycles. The number of carbonyl (C=O) groups is 2. The first-order valence-electron chi connectivity index (χ1n) is 8.18. The van der Waals surface area contributed by atoms with Crippen LogP contribution in [-0.2, 0) is 16.1 Å². The van der Waals surface area contributed by atoms with Gasteiger partial charge in [-0.3, -0.25) is 4.79 Å². The van der Waals surface area contributed by atoms with Gasteiger partial charge in [-0.15, -0.1) is 0 Å². The van der Waals surface area contributed by atoms with Crippen molar-refractivity contribution in [2.45, 2.75) is 6.54 Å². The first-order chi connectivity index (χ1) is 12.5. The van der Waals surface area contributed by atoms with Crippen LogP contribution < -0.4 is 0 Å². The zero-order valence-corrected chi connectivity index (χ0v) is 14.3. The summed E-state index contributed by atoms with van der Waals surface area (Å²) in [6, 6.07) is 18.8. The molecule has 5 heteroatoms. The second-order valence-electron chi connectivity index (χ2n) is 5.98. The molecule has 0 aliphatic carbocycles. The highest BCUT2D eigenvalue weighted by atomic mass is 19.1. The summed E-state index contributed by atoms with van der Waals surface area (Å²) in [5.41, 5.74) is 1.22. The summed E-state index contributed by atoms with van der Waals surface area (Å²) < 4.78 is 18.1. The summed E-state index contributed by atoms with van der Waals surface area (Å²) >= 11 is 0. The molecule has 0 fully saturated rings. The monoisotopic (exact) mass is 351 g/mol. The number of halogens is 1. The van der Waals surface area contributed by atoms with Crippen LogP contribution in [-0.4, -0.2) is 30.4 Å². The van der Waals surface area contributed by atoms with E-state index >= 15 is 0 Å². The predicted molar refractivity (Wildman–Crippen MR) is 97.1 cm³/mol. The number of hydrogen-bond donors (Lipinski definition) is 0. The molecule has 26 heavy (non-hydrogen) atoms. The number of nitrogens with zero attached hydrogens (tertiary/aromatic N) is 1. The van der Waals surface area contributed by atoms with Crippen LogP contribution in [0.25, 0.3) is 10.8 Å². The highest BCUT2D eigenvalue weighted by Crippen LogP contribution is 2.19. The number of hydrogen-bond acceptors (Lipinski definition) is 3. The number of likely N-dealkylation sites (N-methyl/N-ethyl adjacent to an activating group) is 1. The van der Waals surface area contributed by atoms with Crippen LogP contribution in [0.1, 0.15) is 15.9 Å². The van der Waals surface area contributed by atoms with Gasteiger partial charge in [0.2, 0.25) is 0 Å². The maximum Gasteiger partial charge on any atom is 0.339 e. The van der Waals surface area contributed by atoms with E-state index < -0.39 is 5.97 Å². The van der Waals surface area contributed by atoms with Crippen molar-refractivity contribution in [3.63, 3.8) is 0 Å². The van der Waals surface area contributed by atoms with Gasteiger partial charge in [0.15, 0.2) is 6.61 Å². The van der Waals surface area contributed by atoms with Crippen LogP contribution in [0, 0.1) is 5.82 Å². The molecule has 3 aromatic carbocycles. The number of carbonyl (C=O) groups excluding carboxylic acids is 2. The summed E-state index contributed by atoms with van der Waals surface area (Å²) in [4.78, 5) is 26.0. The molecule has 0 saturated heterocycles. The molecule has 0 radical (unpaired) electrons. The van der Waals surface area contributed by atoms with Crippen molar-refractivity contribution in [2.75, 3.05) is 13.7 Å². The maximum atomic E-state index is 12.9. The van der Waals surface area contributed by atoms with Gasteiger partial charge in [-0.2, -0.15) is 0 Å². The van der Waals surface area contributed by atoms with E-state index in [2.05, 4.69) is 0 Å². The van der Waals surface area contributed by atoms with E-state index in [0.717, 1.165) is 16.3 Å². The second kappa shape index (κ2) is 7.78. The Morgan fingerprint density at radius 2 is 1.65 bits per heavy atom. The smallest absolute Gasteiger partial charge is 0.339 e. The molecular weight excluding hydrogens is 333 g/mol. The van der Waals surface area contributed by atoms with Crippen LogP contribution in [0.5, 0.6) is 0 Å². The highest BCUT2D eigenvalue weighted by molar-refractivity contribution is 6.04. The Morgan fingerprint density at radius 3 is 2.42 bits per heavy atom. The molecular formula is C21H18FNO3. The van der Waals surface area contributed by atoms with Crippen LogP contribution >= 0.6 is 0 Å². The quantitative estimate of drug-likeness (QED) is 0.657. The third kappa shape index (κ3) is 4.06. The lowest BCUT2D eigenvalue weighted by Crippen LogP contribution is -2.30. The normalized spacial score (nSPS) is 10.5. The van der Waals surface area contributed by atoms with Gasteiger partial charge in [0.1, 0.15) is 5.82 Å². The number of esters is 1.